The van der Waals surface area contributed by atoms with Crippen molar-refractivity contribution in [2.75, 3.05) is 0 Å². The summed E-state index contributed by atoms with van der Waals surface area (Å²) in [5, 5.41) is 10.3. The molecule has 0 aliphatic heterocycles. The van der Waals surface area contributed by atoms with Crippen LogP contribution in [-0.2, 0) is 4.79 Å². The second-order valence-electron chi connectivity index (χ2n) is 3.05. The summed E-state index contributed by atoms with van der Waals surface area (Å²) in [5.74, 6) is -2.38. The zero-order valence-electron chi connectivity index (χ0n) is 8.22. The van der Waals surface area contributed by atoms with Gasteiger partial charge in [0, 0.05) is 11.9 Å². The second-order valence-corrected chi connectivity index (χ2v) is 3.05. The van der Waals surface area contributed by atoms with E-state index >= 15 is 0 Å². The third-order valence-electron chi connectivity index (χ3n) is 1.55. The molecule has 0 saturated carbocycles. The van der Waals surface area contributed by atoms with Crippen LogP contribution in [0, 0.1) is 5.92 Å². The smallest absolute Gasteiger partial charge is 0.550 e. The predicted octanol–water partition coefficient (Wildman–Crippen LogP) is -2.15. The van der Waals surface area contributed by atoms with Crippen molar-refractivity contribution < 1.29 is 48.2 Å². The summed E-state index contributed by atoms with van der Waals surface area (Å²) in [6.07, 6.45) is -2.80. The summed E-state index contributed by atoms with van der Waals surface area (Å²) in [6.45, 7) is 2.50. The maximum Gasteiger partial charge on any atom is 1.00 e. The van der Waals surface area contributed by atoms with Crippen LogP contribution < -0.4 is 34.7 Å². The van der Waals surface area contributed by atoms with Gasteiger partial charge in [0.1, 0.15) is 0 Å². The van der Waals surface area contributed by atoms with Gasteiger partial charge in [0.25, 0.3) is 0 Å². The molecule has 0 aromatic heterocycles. The van der Waals surface area contributed by atoms with E-state index in [0.717, 1.165) is 0 Å². The number of hydrogen-bond acceptors (Lipinski definition) is 2. The summed E-state index contributed by atoms with van der Waals surface area (Å²) < 4.78 is 24.7. The van der Waals surface area contributed by atoms with E-state index in [1.54, 1.807) is 0 Å². The number of carbonyl (C=O) groups is 1. The van der Waals surface area contributed by atoms with Crippen molar-refractivity contribution in [2.24, 2.45) is 5.92 Å². The molecule has 5 heteroatoms. The molecule has 2 atom stereocenters. The molecule has 13 heavy (non-hydrogen) atoms. The average molecular weight is 202 g/mol. The fraction of sp³-hybridized carbons (Fsp3) is 0.875. The molecule has 2 nitrogen and oxygen atoms in total. The molecule has 0 aliphatic carbocycles. The molecule has 0 heterocycles. The fourth-order valence-corrected chi connectivity index (χ4v) is 1.07. The first-order valence-electron chi connectivity index (χ1n) is 3.92. The number of halogens is 2. The minimum atomic E-state index is -1.37. The Labute approximate surface area is 99.0 Å². The Kier molecular flexibility index (Phi) is 9.36. The van der Waals surface area contributed by atoms with E-state index in [2.05, 4.69) is 0 Å². The van der Waals surface area contributed by atoms with Crippen LogP contribution in [0.4, 0.5) is 8.78 Å². The van der Waals surface area contributed by atoms with Gasteiger partial charge in [0.15, 0.2) is 0 Å². The van der Waals surface area contributed by atoms with Gasteiger partial charge in [-0.3, -0.25) is 0 Å². The Morgan fingerprint density at radius 3 is 1.69 bits per heavy atom. The molecule has 0 bridgehead atoms. The van der Waals surface area contributed by atoms with Gasteiger partial charge < -0.3 is 9.90 Å². The van der Waals surface area contributed by atoms with Gasteiger partial charge in [0.05, 0.1) is 12.3 Å². The number of carboxylic acid groups (broad SMARTS) is 1. The van der Waals surface area contributed by atoms with Crippen molar-refractivity contribution in [3.05, 3.63) is 0 Å². The minimum absolute atomic E-state index is 0. The van der Waals surface area contributed by atoms with E-state index in [0.29, 0.717) is 0 Å². The van der Waals surface area contributed by atoms with Crippen LogP contribution in [0.1, 0.15) is 26.7 Å². The maximum atomic E-state index is 12.3. The Bertz CT molecular complexity index is 141. The maximum absolute atomic E-state index is 12.3. The van der Waals surface area contributed by atoms with Gasteiger partial charge in [0.2, 0.25) is 0 Å². The number of rotatable bonds is 5. The monoisotopic (exact) mass is 202 g/mol. The van der Waals surface area contributed by atoms with E-state index in [-0.39, 0.29) is 42.4 Å². The quantitative estimate of drug-likeness (QED) is 0.477. The zero-order valence-corrected chi connectivity index (χ0v) is 10.2. The molecule has 0 amide bonds. The summed E-state index contributed by atoms with van der Waals surface area (Å²) in [5.41, 5.74) is 0. The molecule has 2 unspecified atom stereocenters. The van der Waals surface area contributed by atoms with Crippen molar-refractivity contribution in [2.45, 2.75) is 39.0 Å². The Hall–Kier alpha value is 0.330. The first-order chi connectivity index (χ1) is 5.43. The molecule has 72 valence electrons. The van der Waals surface area contributed by atoms with E-state index in [4.69, 9.17) is 0 Å². The first-order valence-corrected chi connectivity index (χ1v) is 3.92. The molecule has 0 N–H and O–H groups in total. The van der Waals surface area contributed by atoms with Crippen molar-refractivity contribution in [1.82, 2.24) is 0 Å². The van der Waals surface area contributed by atoms with Gasteiger partial charge >= 0.3 is 29.6 Å². The summed E-state index contributed by atoms with van der Waals surface area (Å²) >= 11 is 0. The second kappa shape index (κ2) is 7.71. The van der Waals surface area contributed by atoms with E-state index in [9.17, 15) is 18.7 Å². The topological polar surface area (TPSA) is 40.1 Å². The van der Waals surface area contributed by atoms with E-state index in [1.807, 2.05) is 0 Å². The van der Waals surface area contributed by atoms with Crippen molar-refractivity contribution in [3.63, 3.8) is 0 Å². The normalized spacial score (nSPS) is 16.9. The molecule has 0 aromatic carbocycles. The van der Waals surface area contributed by atoms with Crippen LogP contribution in [0.5, 0.6) is 0 Å². The summed E-state index contributed by atoms with van der Waals surface area (Å²) in [4.78, 5) is 10.3. The number of aliphatic carboxylic acids is 1. The van der Waals surface area contributed by atoms with Gasteiger partial charge in [-0.1, -0.05) is 0 Å². The number of carboxylic acids is 1. The van der Waals surface area contributed by atoms with Crippen LogP contribution in [0.2, 0.25) is 0 Å². The predicted molar refractivity (Wildman–Crippen MR) is 38.9 cm³/mol. The molecule has 0 saturated heterocycles. The fourth-order valence-electron chi connectivity index (χ4n) is 1.07. The molecular formula is C8H13F2NaO2. The SMILES string of the molecule is CC(F)CC(CC(C)F)C(=O)[O-].[Na+]. The van der Waals surface area contributed by atoms with Crippen molar-refractivity contribution >= 4 is 5.97 Å². The van der Waals surface area contributed by atoms with E-state index in [1.165, 1.54) is 13.8 Å². The summed E-state index contributed by atoms with van der Waals surface area (Å²) in [7, 11) is 0. The first kappa shape index (κ1) is 15.8. The van der Waals surface area contributed by atoms with Crippen LogP contribution >= 0.6 is 0 Å². The summed E-state index contributed by atoms with van der Waals surface area (Å²) in [6, 6.07) is 0. The van der Waals surface area contributed by atoms with E-state index < -0.39 is 24.2 Å². The van der Waals surface area contributed by atoms with Crippen LogP contribution in [0.15, 0.2) is 0 Å². The van der Waals surface area contributed by atoms with Crippen LogP contribution in [-0.4, -0.2) is 18.3 Å². The van der Waals surface area contributed by atoms with Crippen LogP contribution in [0.25, 0.3) is 0 Å². The van der Waals surface area contributed by atoms with Gasteiger partial charge in [-0.25, -0.2) is 8.78 Å². The third-order valence-corrected chi connectivity index (χ3v) is 1.55. The Morgan fingerprint density at radius 2 is 1.54 bits per heavy atom. The third kappa shape index (κ3) is 8.65. The van der Waals surface area contributed by atoms with Gasteiger partial charge in [-0.15, -0.1) is 0 Å². The van der Waals surface area contributed by atoms with Crippen molar-refractivity contribution in [1.29, 1.82) is 0 Å². The molecule has 0 fully saturated rings. The number of carbonyl (C=O) groups excluding carboxylic acids is 1. The zero-order chi connectivity index (χ0) is 9.72. The molecular weight excluding hydrogens is 189 g/mol. The number of hydrogen-bond donors (Lipinski definition) is 0. The van der Waals surface area contributed by atoms with Crippen LogP contribution in [0.3, 0.4) is 0 Å². The van der Waals surface area contributed by atoms with Gasteiger partial charge in [-0.05, 0) is 26.7 Å². The largest absolute Gasteiger partial charge is 1.00 e. The molecule has 0 radical (unpaired) electrons. The Balaban J connectivity index is 0. The molecule has 0 spiro atoms. The van der Waals surface area contributed by atoms with Gasteiger partial charge in [-0.2, -0.15) is 0 Å². The standard InChI is InChI=1S/C8H14F2O2.Na/c1-5(9)3-7(8(11)12)4-6(2)10;/h5-7H,3-4H2,1-2H3,(H,11,12);/q;+1/p-1. The minimum Gasteiger partial charge on any atom is -0.550 e. The van der Waals surface area contributed by atoms with Crippen molar-refractivity contribution in [3.8, 4) is 0 Å². The molecule has 0 aliphatic rings. The number of alkyl halides is 2. The Morgan fingerprint density at radius 1 is 1.23 bits per heavy atom. The molecule has 0 aromatic rings. The molecule has 0 rings (SSSR count). The average Bonchev–Trinajstić information content (AvgIpc) is 1.83.